The van der Waals surface area contributed by atoms with Crippen molar-refractivity contribution in [3.05, 3.63) is 51.7 Å². The Morgan fingerprint density at radius 3 is 2.55 bits per heavy atom. The highest BCUT2D eigenvalue weighted by molar-refractivity contribution is 7.92. The van der Waals surface area contributed by atoms with Crippen molar-refractivity contribution in [1.29, 1.82) is 0 Å². The van der Waals surface area contributed by atoms with Crippen LogP contribution in [0, 0.1) is 20.8 Å². The predicted molar refractivity (Wildman–Crippen MR) is 132 cm³/mol. The lowest BCUT2D eigenvalue weighted by atomic mass is 10.1. The highest BCUT2D eigenvalue weighted by atomic mass is 32.2. The first kappa shape index (κ1) is 23.5. The molecule has 1 fully saturated rings. The number of likely N-dealkylation sites (tertiary alicyclic amines) is 1. The molecule has 1 N–H and O–H groups in total. The molecule has 0 aliphatic carbocycles. The Labute approximate surface area is 199 Å². The second kappa shape index (κ2) is 8.95. The van der Waals surface area contributed by atoms with Gasteiger partial charge in [0.15, 0.2) is 0 Å². The zero-order valence-electron chi connectivity index (χ0n) is 19.7. The van der Waals surface area contributed by atoms with Crippen LogP contribution >= 0.6 is 11.3 Å². The van der Waals surface area contributed by atoms with Crippen LogP contribution in [0.25, 0.3) is 10.7 Å². The summed E-state index contributed by atoms with van der Waals surface area (Å²) in [6, 6.07) is 7.43. The monoisotopic (exact) mass is 486 g/mol. The molecule has 0 atom stereocenters. The van der Waals surface area contributed by atoms with Crippen LogP contribution in [0.4, 0.5) is 5.69 Å². The molecule has 7 nitrogen and oxygen atoms in total. The predicted octanol–water partition coefficient (Wildman–Crippen LogP) is 4.67. The van der Waals surface area contributed by atoms with Crippen LogP contribution in [-0.2, 0) is 23.5 Å². The molecule has 0 saturated carbocycles. The minimum atomic E-state index is -3.81. The molecule has 33 heavy (non-hydrogen) atoms. The molecule has 1 aliphatic rings. The molecule has 9 heteroatoms. The summed E-state index contributed by atoms with van der Waals surface area (Å²) in [6.45, 7) is 9.08. The van der Waals surface area contributed by atoms with E-state index in [9.17, 15) is 13.2 Å². The van der Waals surface area contributed by atoms with Crippen molar-refractivity contribution in [2.75, 3.05) is 17.8 Å². The Morgan fingerprint density at radius 1 is 1.18 bits per heavy atom. The second-order valence-electron chi connectivity index (χ2n) is 8.54. The van der Waals surface area contributed by atoms with Gasteiger partial charge in [-0.05, 0) is 57.2 Å². The number of thiazole rings is 1. The van der Waals surface area contributed by atoms with Gasteiger partial charge < -0.3 is 9.47 Å². The maximum Gasteiger partial charge on any atom is 0.265 e. The van der Waals surface area contributed by atoms with Crippen molar-refractivity contribution in [3.8, 4) is 10.7 Å². The lowest BCUT2D eigenvalue weighted by Crippen LogP contribution is -2.27. The number of anilines is 1. The van der Waals surface area contributed by atoms with E-state index in [4.69, 9.17) is 0 Å². The summed E-state index contributed by atoms with van der Waals surface area (Å²) in [5.74, 6) is 0.0147. The van der Waals surface area contributed by atoms with Gasteiger partial charge in [0.05, 0.1) is 17.1 Å². The zero-order valence-corrected chi connectivity index (χ0v) is 21.4. The molecule has 1 aliphatic heterocycles. The maximum atomic E-state index is 13.4. The van der Waals surface area contributed by atoms with Crippen molar-refractivity contribution in [2.45, 2.75) is 51.9 Å². The summed E-state index contributed by atoms with van der Waals surface area (Å²) >= 11 is 1.33. The van der Waals surface area contributed by atoms with E-state index in [0.29, 0.717) is 32.7 Å². The van der Waals surface area contributed by atoms with Crippen molar-refractivity contribution in [1.82, 2.24) is 14.5 Å². The molecule has 3 aromatic rings. The quantitative estimate of drug-likeness (QED) is 0.549. The number of aromatic nitrogens is 2. The zero-order chi connectivity index (χ0) is 23.9. The molecule has 1 aromatic carbocycles. The Morgan fingerprint density at radius 2 is 1.88 bits per heavy atom. The highest BCUT2D eigenvalue weighted by Gasteiger charge is 2.28. The van der Waals surface area contributed by atoms with E-state index >= 15 is 0 Å². The van der Waals surface area contributed by atoms with Gasteiger partial charge in [-0.3, -0.25) is 9.52 Å². The van der Waals surface area contributed by atoms with Crippen molar-refractivity contribution >= 4 is 33.0 Å². The maximum absolute atomic E-state index is 13.4. The van der Waals surface area contributed by atoms with Crippen LogP contribution in [0.2, 0.25) is 0 Å². The van der Waals surface area contributed by atoms with Crippen molar-refractivity contribution < 1.29 is 13.2 Å². The second-order valence-corrected chi connectivity index (χ2v) is 11.2. The average molecular weight is 487 g/mol. The minimum absolute atomic E-state index is 0.0147. The number of nitrogens with zero attached hydrogens (tertiary/aromatic N) is 3. The SMILES string of the molecule is CCc1cccc(C)c1NS(=O)(=O)c1cc(-c2nc(C)c(C(=O)N3CCCC3)s2)n(C)c1C. The average Bonchev–Trinajstić information content (AvgIpc) is 3.50. The fourth-order valence-corrected chi connectivity index (χ4v) is 6.82. The van der Waals surface area contributed by atoms with Gasteiger partial charge in [0.1, 0.15) is 14.8 Å². The van der Waals surface area contributed by atoms with Crippen LogP contribution in [0.15, 0.2) is 29.2 Å². The third kappa shape index (κ3) is 4.31. The number of amides is 1. The molecule has 4 rings (SSSR count). The van der Waals surface area contributed by atoms with Gasteiger partial charge in [-0.25, -0.2) is 13.4 Å². The van der Waals surface area contributed by atoms with Crippen molar-refractivity contribution in [3.63, 3.8) is 0 Å². The minimum Gasteiger partial charge on any atom is -0.345 e. The number of carbonyl (C=O) groups excluding carboxylic acids is 1. The van der Waals surface area contributed by atoms with Crippen LogP contribution < -0.4 is 4.72 Å². The number of para-hydroxylation sites is 1. The molecular formula is C24H30N4O3S2. The van der Waals surface area contributed by atoms with Gasteiger partial charge in [0, 0.05) is 25.8 Å². The lowest BCUT2D eigenvalue weighted by molar-refractivity contribution is 0.0796. The molecular weight excluding hydrogens is 456 g/mol. The molecule has 1 saturated heterocycles. The van der Waals surface area contributed by atoms with Crippen LogP contribution in [-0.4, -0.2) is 41.9 Å². The number of rotatable bonds is 6. The molecule has 0 bridgehead atoms. The van der Waals surface area contributed by atoms with Gasteiger partial charge in [-0.2, -0.15) is 0 Å². The smallest absolute Gasteiger partial charge is 0.265 e. The summed E-state index contributed by atoms with van der Waals surface area (Å²) in [6.07, 6.45) is 2.79. The summed E-state index contributed by atoms with van der Waals surface area (Å²) in [5.41, 5.74) is 4.45. The standard InChI is InChI=1S/C24H30N4O3S2/c1-6-18-11-9-10-15(2)21(18)26-33(30,31)20-14-19(27(5)17(20)4)23-25-16(3)22(32-23)24(29)28-12-7-8-13-28/h9-11,14,26H,6-8,12-13H2,1-5H3. The molecule has 2 aromatic heterocycles. The van der Waals surface area contributed by atoms with Crippen LogP contribution in [0.3, 0.4) is 0 Å². The molecule has 176 valence electrons. The van der Waals surface area contributed by atoms with Gasteiger partial charge in [-0.15, -0.1) is 11.3 Å². The largest absolute Gasteiger partial charge is 0.345 e. The van der Waals surface area contributed by atoms with E-state index in [1.54, 1.807) is 13.0 Å². The van der Waals surface area contributed by atoms with E-state index in [1.807, 2.05) is 55.5 Å². The first-order valence-corrected chi connectivity index (χ1v) is 13.5. The molecule has 3 heterocycles. The summed E-state index contributed by atoms with van der Waals surface area (Å²) in [7, 11) is -1.98. The highest BCUT2D eigenvalue weighted by Crippen LogP contribution is 2.34. The Kier molecular flexibility index (Phi) is 6.37. The number of nitrogens with one attached hydrogen (secondary N) is 1. The number of hydrogen-bond acceptors (Lipinski definition) is 5. The Balaban J connectivity index is 1.70. The lowest BCUT2D eigenvalue weighted by Gasteiger charge is -2.14. The topological polar surface area (TPSA) is 84.3 Å². The first-order valence-electron chi connectivity index (χ1n) is 11.2. The van der Waals surface area contributed by atoms with E-state index in [-0.39, 0.29) is 10.8 Å². The third-order valence-corrected chi connectivity index (χ3v) is 8.99. The number of carbonyl (C=O) groups is 1. The summed E-state index contributed by atoms with van der Waals surface area (Å²) in [4.78, 5) is 20.2. The molecule has 0 unspecified atom stereocenters. The van der Waals surface area contributed by atoms with Gasteiger partial charge in [-0.1, -0.05) is 25.1 Å². The Hall–Kier alpha value is -2.65. The van der Waals surface area contributed by atoms with E-state index in [2.05, 4.69) is 9.71 Å². The van der Waals surface area contributed by atoms with Crippen molar-refractivity contribution in [2.24, 2.45) is 7.05 Å². The van der Waals surface area contributed by atoms with Gasteiger partial charge in [0.2, 0.25) is 0 Å². The fraction of sp³-hybridized carbons (Fsp3) is 0.417. The molecule has 1 amide bonds. The third-order valence-electron chi connectivity index (χ3n) is 6.36. The number of sulfonamides is 1. The van der Waals surface area contributed by atoms with Gasteiger partial charge in [0.25, 0.3) is 15.9 Å². The molecule has 0 spiro atoms. The first-order chi connectivity index (χ1) is 15.6. The van der Waals surface area contributed by atoms with Gasteiger partial charge >= 0.3 is 0 Å². The van der Waals surface area contributed by atoms with E-state index in [0.717, 1.165) is 43.5 Å². The summed E-state index contributed by atoms with van der Waals surface area (Å²) in [5, 5.41) is 0.646. The Bertz CT molecular complexity index is 1320. The fourth-order valence-electron chi connectivity index (χ4n) is 4.28. The van der Waals surface area contributed by atoms with E-state index < -0.39 is 10.0 Å². The van der Waals surface area contributed by atoms with Crippen LogP contribution in [0.5, 0.6) is 0 Å². The number of hydrogen-bond donors (Lipinski definition) is 1. The van der Waals surface area contributed by atoms with E-state index in [1.165, 1.54) is 11.3 Å². The number of benzene rings is 1. The normalized spacial score (nSPS) is 14.2. The molecule has 0 radical (unpaired) electrons. The summed E-state index contributed by atoms with van der Waals surface area (Å²) < 4.78 is 31.4. The van der Waals surface area contributed by atoms with Crippen LogP contribution in [0.1, 0.15) is 52.0 Å². The number of aryl methyl sites for hydroxylation is 3.